The Balaban J connectivity index is 1.37. The first-order valence-corrected chi connectivity index (χ1v) is 19.3. The first-order chi connectivity index (χ1) is 26.7. The van der Waals surface area contributed by atoms with Gasteiger partial charge in [-0.15, -0.1) is 13.2 Å². The molecule has 2 bridgehead atoms. The number of nitrogens with one attached hydrogen (secondary N) is 1. The first kappa shape index (κ1) is 39.4. The molecule has 3 saturated heterocycles. The third-order valence-electron chi connectivity index (χ3n) is 11.3. The minimum absolute atomic E-state index is 0.0329. The van der Waals surface area contributed by atoms with Crippen molar-refractivity contribution in [3.8, 4) is 0 Å². The highest BCUT2D eigenvalue weighted by Crippen LogP contribution is 2.60. The van der Waals surface area contributed by atoms with Crippen LogP contribution in [0.2, 0.25) is 0 Å². The Morgan fingerprint density at radius 3 is 2.20 bits per heavy atom. The number of allylic oxidation sites excluding steroid dienone is 1. The Bertz CT molecular complexity index is 1830. The number of fused-ring (bicyclic) bond motifs is 1. The lowest BCUT2D eigenvalue weighted by molar-refractivity contribution is -0.161. The SMILES string of the molecule is C=CCCC(=O)NC[C@@H](OC(=O)[C@@H]1[C@H]2C(=O)N([C@H](CO)c3ccccc3)[C@H](C(=O)N(CC=C)c3ccc(N(CC)CC)cc3)[C@]23CC[C@H]1O3)c1ccccc1. The number of esters is 1. The molecule has 0 radical (unpaired) electrons. The highest BCUT2D eigenvalue weighted by Gasteiger charge is 2.76. The molecular weight excluding hydrogens is 697 g/mol. The lowest BCUT2D eigenvalue weighted by atomic mass is 9.70. The van der Waals surface area contributed by atoms with E-state index in [-0.39, 0.29) is 31.3 Å². The molecule has 3 heterocycles. The van der Waals surface area contributed by atoms with E-state index in [1.54, 1.807) is 17.1 Å². The van der Waals surface area contributed by atoms with Crippen LogP contribution in [0, 0.1) is 11.8 Å². The quantitative estimate of drug-likeness (QED) is 0.129. The maximum Gasteiger partial charge on any atom is 0.313 e. The summed E-state index contributed by atoms with van der Waals surface area (Å²) in [5.74, 6) is -3.73. The van der Waals surface area contributed by atoms with Crippen LogP contribution in [0.5, 0.6) is 0 Å². The molecule has 290 valence electrons. The van der Waals surface area contributed by atoms with E-state index in [4.69, 9.17) is 9.47 Å². The fraction of sp³-hybridized carbons (Fsp3) is 0.409. The van der Waals surface area contributed by atoms with Crippen molar-refractivity contribution in [1.29, 1.82) is 0 Å². The number of carbonyl (C=O) groups is 4. The van der Waals surface area contributed by atoms with Gasteiger partial charge in [0.25, 0.3) is 5.91 Å². The fourth-order valence-electron chi connectivity index (χ4n) is 8.68. The van der Waals surface area contributed by atoms with Crippen LogP contribution >= 0.6 is 0 Å². The van der Waals surface area contributed by atoms with Crippen molar-refractivity contribution in [3.05, 3.63) is 121 Å². The van der Waals surface area contributed by atoms with Gasteiger partial charge in [-0.1, -0.05) is 72.8 Å². The smallest absolute Gasteiger partial charge is 0.313 e. The zero-order valence-corrected chi connectivity index (χ0v) is 31.7. The van der Waals surface area contributed by atoms with Gasteiger partial charge in [0.2, 0.25) is 11.8 Å². The lowest BCUT2D eigenvalue weighted by Crippen LogP contribution is -2.57. The van der Waals surface area contributed by atoms with Gasteiger partial charge in [0.05, 0.1) is 37.1 Å². The summed E-state index contributed by atoms with van der Waals surface area (Å²) in [6, 6.07) is 23.9. The molecule has 11 heteroatoms. The fourth-order valence-corrected chi connectivity index (χ4v) is 8.68. The summed E-state index contributed by atoms with van der Waals surface area (Å²) < 4.78 is 13.0. The van der Waals surface area contributed by atoms with Gasteiger partial charge in [0.15, 0.2) is 0 Å². The minimum atomic E-state index is -1.35. The Kier molecular flexibility index (Phi) is 12.5. The van der Waals surface area contributed by atoms with E-state index in [9.17, 15) is 14.7 Å². The number of aliphatic hydroxyl groups excluding tert-OH is 1. The van der Waals surface area contributed by atoms with Gasteiger partial charge < -0.3 is 34.6 Å². The molecule has 6 rings (SSSR count). The largest absolute Gasteiger partial charge is 0.455 e. The van der Waals surface area contributed by atoms with Crippen LogP contribution in [0.3, 0.4) is 0 Å². The maximum atomic E-state index is 15.2. The number of nitrogens with zero attached hydrogens (tertiary/aromatic N) is 3. The Morgan fingerprint density at radius 1 is 0.964 bits per heavy atom. The van der Waals surface area contributed by atoms with Crippen molar-refractivity contribution in [2.45, 2.75) is 69.4 Å². The molecule has 55 heavy (non-hydrogen) atoms. The summed E-state index contributed by atoms with van der Waals surface area (Å²) in [5, 5.41) is 13.8. The summed E-state index contributed by atoms with van der Waals surface area (Å²) in [6.07, 6.45) is 3.36. The van der Waals surface area contributed by atoms with E-state index in [0.717, 1.165) is 18.8 Å². The predicted molar refractivity (Wildman–Crippen MR) is 211 cm³/mol. The van der Waals surface area contributed by atoms with E-state index in [2.05, 4.69) is 37.2 Å². The van der Waals surface area contributed by atoms with Gasteiger partial charge in [-0.05, 0) is 68.5 Å². The zero-order chi connectivity index (χ0) is 39.1. The third kappa shape index (κ3) is 7.68. The van der Waals surface area contributed by atoms with Crippen LogP contribution in [-0.2, 0) is 28.7 Å². The summed E-state index contributed by atoms with van der Waals surface area (Å²) >= 11 is 0. The standard InChI is InChI=1S/C44H52N4O7/c1-5-9-20-37(50)45-28-36(31-18-14-11-15-19-31)54-43(53)38-35-25-26-44(55-35)39(38)41(51)48(34(29-49)30-16-12-10-13-17-30)40(44)42(52)47(27-6-2)33-23-21-32(22-24-33)46(7-3)8-4/h5-6,10-19,21-24,34-36,38-40,49H,1-2,7-9,20,25-29H2,3-4H3,(H,45,50)/t34-,35-,36-,38+,39+,40-,44+/m1/s1. The number of likely N-dealkylation sites (tertiary alicyclic amines) is 1. The highest BCUT2D eigenvalue weighted by molar-refractivity contribution is 6.05. The maximum absolute atomic E-state index is 15.2. The lowest BCUT2D eigenvalue weighted by Gasteiger charge is -2.39. The number of ether oxygens (including phenoxy) is 2. The van der Waals surface area contributed by atoms with Gasteiger partial charge in [0, 0.05) is 37.4 Å². The number of hydrogen-bond acceptors (Lipinski definition) is 8. The van der Waals surface area contributed by atoms with Crippen molar-refractivity contribution in [2.75, 3.05) is 42.6 Å². The number of carbonyl (C=O) groups excluding carboxylic acids is 4. The molecule has 3 aromatic carbocycles. The molecule has 0 unspecified atom stereocenters. The average Bonchev–Trinajstić information content (AvgIpc) is 3.86. The van der Waals surface area contributed by atoms with Gasteiger partial charge in [-0.2, -0.15) is 0 Å². The van der Waals surface area contributed by atoms with Gasteiger partial charge >= 0.3 is 5.97 Å². The molecule has 3 fully saturated rings. The number of hydrogen-bond donors (Lipinski definition) is 2. The second kappa shape index (κ2) is 17.5. The normalized spacial score (nSPS) is 23.4. The number of anilines is 2. The molecular formula is C44H52N4O7. The molecule has 0 aliphatic carbocycles. The molecule has 3 aromatic rings. The molecule has 11 nitrogen and oxygen atoms in total. The van der Waals surface area contributed by atoms with Crippen LogP contribution in [0.4, 0.5) is 11.4 Å². The first-order valence-electron chi connectivity index (χ1n) is 19.3. The molecule has 0 aromatic heterocycles. The summed E-state index contributed by atoms with van der Waals surface area (Å²) in [6.45, 7) is 13.2. The van der Waals surface area contributed by atoms with Crippen molar-refractivity contribution in [2.24, 2.45) is 11.8 Å². The van der Waals surface area contributed by atoms with Crippen molar-refractivity contribution in [1.82, 2.24) is 10.2 Å². The molecule has 7 atom stereocenters. The molecule has 3 aliphatic heterocycles. The Labute approximate surface area is 323 Å². The Morgan fingerprint density at radius 2 is 1.60 bits per heavy atom. The van der Waals surface area contributed by atoms with Gasteiger partial charge in [-0.25, -0.2) is 0 Å². The summed E-state index contributed by atoms with van der Waals surface area (Å²) in [4.78, 5) is 62.5. The number of amides is 3. The summed E-state index contributed by atoms with van der Waals surface area (Å²) in [5.41, 5.74) is 1.62. The number of aliphatic hydroxyl groups is 1. The van der Waals surface area contributed by atoms with Crippen LogP contribution in [0.25, 0.3) is 0 Å². The highest BCUT2D eigenvalue weighted by atomic mass is 16.6. The average molecular weight is 749 g/mol. The molecule has 3 aliphatic rings. The number of benzene rings is 3. The monoisotopic (exact) mass is 748 g/mol. The zero-order valence-electron chi connectivity index (χ0n) is 31.7. The minimum Gasteiger partial charge on any atom is -0.455 e. The van der Waals surface area contributed by atoms with E-state index in [1.807, 2.05) is 84.9 Å². The third-order valence-corrected chi connectivity index (χ3v) is 11.3. The van der Waals surface area contributed by atoms with E-state index in [0.29, 0.717) is 36.1 Å². The van der Waals surface area contributed by atoms with E-state index < -0.39 is 60.2 Å². The van der Waals surface area contributed by atoms with Crippen molar-refractivity contribution in [3.63, 3.8) is 0 Å². The second-order valence-corrected chi connectivity index (χ2v) is 14.3. The van der Waals surface area contributed by atoms with Crippen molar-refractivity contribution < 1.29 is 33.8 Å². The molecule has 2 N–H and O–H groups in total. The molecule has 0 saturated carbocycles. The second-order valence-electron chi connectivity index (χ2n) is 14.3. The topological polar surface area (TPSA) is 129 Å². The van der Waals surface area contributed by atoms with E-state index >= 15 is 9.59 Å². The summed E-state index contributed by atoms with van der Waals surface area (Å²) in [7, 11) is 0. The van der Waals surface area contributed by atoms with Crippen LogP contribution in [0.15, 0.2) is 110 Å². The van der Waals surface area contributed by atoms with Crippen LogP contribution < -0.4 is 15.1 Å². The van der Waals surface area contributed by atoms with Gasteiger partial charge in [-0.3, -0.25) is 19.2 Å². The van der Waals surface area contributed by atoms with Crippen LogP contribution in [-0.4, -0.2) is 84.2 Å². The van der Waals surface area contributed by atoms with Crippen molar-refractivity contribution >= 4 is 35.1 Å². The molecule has 1 spiro atoms. The predicted octanol–water partition coefficient (Wildman–Crippen LogP) is 5.53. The van der Waals surface area contributed by atoms with Gasteiger partial charge in [0.1, 0.15) is 17.7 Å². The number of rotatable bonds is 18. The molecule has 3 amide bonds. The van der Waals surface area contributed by atoms with E-state index in [1.165, 1.54) is 4.90 Å². The Hall–Kier alpha value is -5.26. The van der Waals surface area contributed by atoms with Crippen LogP contribution in [0.1, 0.15) is 62.8 Å².